The molecule has 0 bridgehead atoms. The lowest BCUT2D eigenvalue weighted by Crippen LogP contribution is -2.17. The molecule has 0 aromatic carbocycles. The summed E-state index contributed by atoms with van der Waals surface area (Å²) in [6.45, 7) is 6.30. The fraction of sp³-hybridized carbons (Fsp3) is 0.889. The molecule has 0 amide bonds. The number of hydrogen-bond acceptors (Lipinski definition) is 1. The van der Waals surface area contributed by atoms with Gasteiger partial charge in [-0.05, 0) is 13.3 Å². The second-order valence-electron chi connectivity index (χ2n) is 2.80. The molecule has 66 valence electrons. The van der Waals surface area contributed by atoms with Gasteiger partial charge in [-0.25, -0.2) is 0 Å². The average Bonchev–Trinajstić information content (AvgIpc) is 2.01. The summed E-state index contributed by atoms with van der Waals surface area (Å²) < 4.78 is 0. The quantitative estimate of drug-likeness (QED) is 0.327. The second kappa shape index (κ2) is 7.58. The number of aliphatic imine (C=N–C) groups is 1. The van der Waals surface area contributed by atoms with Gasteiger partial charge in [0, 0.05) is 20.1 Å². The van der Waals surface area contributed by atoms with Crippen LogP contribution in [-0.4, -0.2) is 31.4 Å². The van der Waals surface area contributed by atoms with E-state index in [2.05, 4.69) is 30.8 Å². The highest BCUT2D eigenvalue weighted by Crippen LogP contribution is 1.94. The van der Waals surface area contributed by atoms with Crippen molar-refractivity contribution in [1.82, 2.24) is 4.90 Å². The monoisotopic (exact) mass is 156 g/mol. The van der Waals surface area contributed by atoms with Gasteiger partial charge in [0.2, 0.25) is 0 Å². The van der Waals surface area contributed by atoms with E-state index in [0.717, 1.165) is 13.1 Å². The highest BCUT2D eigenvalue weighted by molar-refractivity contribution is 5.54. The molecule has 11 heavy (non-hydrogen) atoms. The Balaban J connectivity index is 3.21. The van der Waals surface area contributed by atoms with Gasteiger partial charge in [0.15, 0.2) is 0 Å². The third kappa shape index (κ3) is 7.37. The highest BCUT2D eigenvalue weighted by atomic mass is 15.1. The van der Waals surface area contributed by atoms with Crippen LogP contribution in [0.2, 0.25) is 0 Å². The normalized spacial score (nSPS) is 10.8. The molecule has 0 aromatic rings. The Hall–Kier alpha value is -0.530. The smallest absolute Gasteiger partial charge is 0.0847 e. The Morgan fingerprint density at radius 2 is 2.00 bits per heavy atom. The van der Waals surface area contributed by atoms with Crippen LogP contribution in [0.1, 0.15) is 33.1 Å². The summed E-state index contributed by atoms with van der Waals surface area (Å²) in [4.78, 5) is 6.30. The second-order valence-corrected chi connectivity index (χ2v) is 2.80. The summed E-state index contributed by atoms with van der Waals surface area (Å²) in [5.41, 5.74) is 0. The summed E-state index contributed by atoms with van der Waals surface area (Å²) >= 11 is 0. The molecule has 0 aliphatic heterocycles. The van der Waals surface area contributed by atoms with E-state index in [1.165, 1.54) is 19.3 Å². The Morgan fingerprint density at radius 3 is 2.55 bits per heavy atom. The molecule has 0 rings (SSSR count). The predicted octanol–water partition coefficient (Wildman–Crippen LogP) is 2.16. The molecule has 0 aromatic heterocycles. The van der Waals surface area contributed by atoms with Crippen LogP contribution in [0, 0.1) is 0 Å². The van der Waals surface area contributed by atoms with E-state index >= 15 is 0 Å². The number of rotatable bonds is 6. The van der Waals surface area contributed by atoms with Crippen molar-refractivity contribution in [3.8, 4) is 0 Å². The van der Waals surface area contributed by atoms with E-state index < -0.39 is 0 Å². The van der Waals surface area contributed by atoms with E-state index in [1.807, 2.05) is 6.34 Å². The third-order valence-corrected chi connectivity index (χ3v) is 1.58. The van der Waals surface area contributed by atoms with Crippen molar-refractivity contribution >= 4 is 6.34 Å². The van der Waals surface area contributed by atoms with Gasteiger partial charge in [-0.2, -0.15) is 0 Å². The lowest BCUT2D eigenvalue weighted by Gasteiger charge is -2.11. The average molecular weight is 156 g/mol. The zero-order valence-corrected chi connectivity index (χ0v) is 8.01. The van der Waals surface area contributed by atoms with Crippen molar-refractivity contribution in [2.24, 2.45) is 4.99 Å². The molecule has 0 saturated heterocycles. The van der Waals surface area contributed by atoms with E-state index in [9.17, 15) is 0 Å². The SMILES string of the molecule is CCCCCN(C)C=NCC. The zero-order chi connectivity index (χ0) is 8.53. The number of nitrogens with zero attached hydrogens (tertiary/aromatic N) is 2. The minimum absolute atomic E-state index is 0.887. The molecule has 0 heterocycles. The summed E-state index contributed by atoms with van der Waals surface area (Å²) in [7, 11) is 2.08. The van der Waals surface area contributed by atoms with E-state index in [0.29, 0.717) is 0 Å². The Kier molecular flexibility index (Phi) is 7.21. The van der Waals surface area contributed by atoms with Gasteiger partial charge in [-0.1, -0.05) is 19.8 Å². The van der Waals surface area contributed by atoms with Crippen molar-refractivity contribution in [1.29, 1.82) is 0 Å². The van der Waals surface area contributed by atoms with E-state index in [-0.39, 0.29) is 0 Å². The maximum Gasteiger partial charge on any atom is 0.0847 e. The van der Waals surface area contributed by atoms with Crippen LogP contribution in [0.3, 0.4) is 0 Å². The van der Waals surface area contributed by atoms with Crippen molar-refractivity contribution in [3.05, 3.63) is 0 Å². The Bertz CT molecular complexity index is 99.7. The molecular formula is C9H20N2. The van der Waals surface area contributed by atoms with Crippen LogP contribution >= 0.6 is 0 Å². The first-order chi connectivity index (χ1) is 5.31. The van der Waals surface area contributed by atoms with Gasteiger partial charge in [-0.15, -0.1) is 0 Å². The van der Waals surface area contributed by atoms with Crippen LogP contribution in [-0.2, 0) is 0 Å². The molecule has 0 fully saturated rings. The van der Waals surface area contributed by atoms with Gasteiger partial charge in [0.25, 0.3) is 0 Å². The fourth-order valence-electron chi connectivity index (χ4n) is 0.890. The van der Waals surface area contributed by atoms with Crippen LogP contribution in [0.4, 0.5) is 0 Å². The molecule has 2 nitrogen and oxygen atoms in total. The van der Waals surface area contributed by atoms with Gasteiger partial charge in [0.1, 0.15) is 0 Å². The first-order valence-electron chi connectivity index (χ1n) is 4.51. The molecule has 0 radical (unpaired) electrons. The van der Waals surface area contributed by atoms with Gasteiger partial charge in [-0.3, -0.25) is 4.99 Å². The fourth-order valence-corrected chi connectivity index (χ4v) is 0.890. The third-order valence-electron chi connectivity index (χ3n) is 1.58. The zero-order valence-electron chi connectivity index (χ0n) is 8.01. The molecular weight excluding hydrogens is 136 g/mol. The molecule has 0 saturated carbocycles. The summed E-state index contributed by atoms with van der Waals surface area (Å²) in [5.74, 6) is 0. The van der Waals surface area contributed by atoms with Crippen molar-refractivity contribution < 1.29 is 0 Å². The first kappa shape index (κ1) is 10.5. The summed E-state index contributed by atoms with van der Waals surface area (Å²) in [6, 6.07) is 0. The largest absolute Gasteiger partial charge is 0.366 e. The molecule has 0 aliphatic carbocycles. The van der Waals surface area contributed by atoms with Crippen LogP contribution in [0.5, 0.6) is 0 Å². The maximum absolute atomic E-state index is 4.15. The summed E-state index contributed by atoms with van der Waals surface area (Å²) in [6.07, 6.45) is 5.82. The molecule has 0 aliphatic rings. The van der Waals surface area contributed by atoms with Gasteiger partial charge < -0.3 is 4.90 Å². The number of unbranched alkanes of at least 4 members (excludes halogenated alkanes) is 2. The molecule has 2 heteroatoms. The predicted molar refractivity (Wildman–Crippen MR) is 51.2 cm³/mol. The maximum atomic E-state index is 4.15. The lowest BCUT2D eigenvalue weighted by atomic mass is 10.2. The molecule has 0 spiro atoms. The van der Waals surface area contributed by atoms with Gasteiger partial charge in [0.05, 0.1) is 6.34 Å². The number of hydrogen-bond donors (Lipinski definition) is 0. The topological polar surface area (TPSA) is 15.6 Å². The van der Waals surface area contributed by atoms with Crippen molar-refractivity contribution in [2.45, 2.75) is 33.1 Å². The highest BCUT2D eigenvalue weighted by Gasteiger charge is 1.89. The summed E-state index contributed by atoms with van der Waals surface area (Å²) in [5, 5.41) is 0. The van der Waals surface area contributed by atoms with Crippen molar-refractivity contribution in [2.75, 3.05) is 20.1 Å². The molecule has 0 atom stereocenters. The van der Waals surface area contributed by atoms with Crippen LogP contribution in [0.15, 0.2) is 4.99 Å². The van der Waals surface area contributed by atoms with E-state index in [1.54, 1.807) is 0 Å². The first-order valence-corrected chi connectivity index (χ1v) is 4.51. The Morgan fingerprint density at radius 1 is 1.27 bits per heavy atom. The van der Waals surface area contributed by atoms with E-state index in [4.69, 9.17) is 0 Å². The molecule has 0 unspecified atom stereocenters. The van der Waals surface area contributed by atoms with Crippen LogP contribution in [0.25, 0.3) is 0 Å². The van der Waals surface area contributed by atoms with Crippen molar-refractivity contribution in [3.63, 3.8) is 0 Å². The molecule has 0 N–H and O–H groups in total. The standard InChI is InChI=1S/C9H20N2/c1-4-6-7-8-11(3)9-10-5-2/h9H,4-8H2,1-3H3. The lowest BCUT2D eigenvalue weighted by molar-refractivity contribution is 0.486. The van der Waals surface area contributed by atoms with Crippen LogP contribution < -0.4 is 0 Å². The Labute approximate surface area is 70.3 Å². The van der Waals surface area contributed by atoms with Gasteiger partial charge >= 0.3 is 0 Å². The minimum Gasteiger partial charge on any atom is -0.366 e. The minimum atomic E-state index is 0.887.